The highest BCUT2D eigenvalue weighted by Gasteiger charge is 2.03. The smallest absolute Gasteiger partial charge is 0.0994 e. The first-order chi connectivity index (χ1) is 8.11. The van der Waals surface area contributed by atoms with Crippen LogP contribution in [0.1, 0.15) is 22.3 Å². The minimum atomic E-state index is 0.751. The molecule has 1 heteroatoms. The maximum absolute atomic E-state index is 9.04. The van der Waals surface area contributed by atoms with E-state index >= 15 is 0 Å². The first-order valence-corrected chi connectivity index (χ1v) is 5.70. The molecule has 0 unspecified atom stereocenters. The van der Waals surface area contributed by atoms with Crippen molar-refractivity contribution in [2.75, 3.05) is 0 Å². The van der Waals surface area contributed by atoms with Crippen LogP contribution in [0.4, 0.5) is 0 Å². The molecular weight excluding hydrogens is 206 g/mol. The molecule has 0 aromatic heterocycles. The summed E-state index contributed by atoms with van der Waals surface area (Å²) < 4.78 is 0. The van der Waals surface area contributed by atoms with Crippen molar-refractivity contribution in [2.45, 2.75) is 20.8 Å². The lowest BCUT2D eigenvalue weighted by Crippen LogP contribution is -1.87. The second-order valence-electron chi connectivity index (χ2n) is 4.44. The van der Waals surface area contributed by atoms with Crippen molar-refractivity contribution in [1.82, 2.24) is 0 Å². The van der Waals surface area contributed by atoms with Crippen LogP contribution in [-0.2, 0) is 0 Å². The molecule has 0 amide bonds. The second kappa shape index (κ2) is 4.43. The predicted octanol–water partition coefficient (Wildman–Crippen LogP) is 4.15. The molecule has 0 saturated heterocycles. The minimum absolute atomic E-state index is 0.751. The Balaban J connectivity index is 2.54. The summed E-state index contributed by atoms with van der Waals surface area (Å²) in [7, 11) is 0. The number of benzene rings is 2. The zero-order valence-electron chi connectivity index (χ0n) is 10.4. The zero-order valence-corrected chi connectivity index (χ0v) is 10.4. The Morgan fingerprint density at radius 1 is 0.765 bits per heavy atom. The topological polar surface area (TPSA) is 23.8 Å². The molecule has 0 saturated carbocycles. The molecule has 2 rings (SSSR count). The quantitative estimate of drug-likeness (QED) is 0.709. The fraction of sp³-hybridized carbons (Fsp3) is 0.188. The van der Waals surface area contributed by atoms with Crippen LogP contribution in [0, 0.1) is 32.1 Å². The fourth-order valence-electron chi connectivity index (χ4n) is 1.84. The number of nitriles is 1. The van der Waals surface area contributed by atoms with Gasteiger partial charge in [0.25, 0.3) is 0 Å². The Morgan fingerprint density at radius 2 is 1.35 bits per heavy atom. The van der Waals surface area contributed by atoms with Crippen molar-refractivity contribution in [3.05, 3.63) is 58.7 Å². The van der Waals surface area contributed by atoms with Gasteiger partial charge in [0.05, 0.1) is 11.6 Å². The average molecular weight is 221 g/mol. The number of rotatable bonds is 1. The molecule has 2 aromatic carbocycles. The molecule has 0 bridgehead atoms. The van der Waals surface area contributed by atoms with Gasteiger partial charge in [0.2, 0.25) is 0 Å². The van der Waals surface area contributed by atoms with Crippen LogP contribution in [0.2, 0.25) is 0 Å². The van der Waals surface area contributed by atoms with Crippen molar-refractivity contribution in [3.63, 3.8) is 0 Å². The molecule has 2 aromatic rings. The molecule has 0 N–H and O–H groups in total. The highest BCUT2D eigenvalue weighted by atomic mass is 14.2. The van der Waals surface area contributed by atoms with Gasteiger partial charge in [-0.1, -0.05) is 30.3 Å². The van der Waals surface area contributed by atoms with Gasteiger partial charge in [-0.25, -0.2) is 0 Å². The first-order valence-electron chi connectivity index (χ1n) is 5.70. The van der Waals surface area contributed by atoms with E-state index in [4.69, 9.17) is 5.26 Å². The van der Waals surface area contributed by atoms with Gasteiger partial charge < -0.3 is 0 Å². The lowest BCUT2D eigenvalue weighted by atomic mass is 9.97. The summed E-state index contributed by atoms with van der Waals surface area (Å²) >= 11 is 0. The van der Waals surface area contributed by atoms with E-state index in [0.29, 0.717) is 0 Å². The molecule has 0 spiro atoms. The normalized spacial score (nSPS) is 10.0. The van der Waals surface area contributed by atoms with Crippen LogP contribution in [0.5, 0.6) is 0 Å². The van der Waals surface area contributed by atoms with Gasteiger partial charge >= 0.3 is 0 Å². The number of hydrogen-bond acceptors (Lipinski definition) is 1. The molecule has 0 heterocycles. The van der Waals surface area contributed by atoms with Crippen molar-refractivity contribution in [3.8, 4) is 17.2 Å². The summed E-state index contributed by atoms with van der Waals surface area (Å²) in [6.45, 7) is 6.18. The van der Waals surface area contributed by atoms with Crippen molar-refractivity contribution < 1.29 is 0 Å². The van der Waals surface area contributed by atoms with Crippen molar-refractivity contribution in [1.29, 1.82) is 5.26 Å². The maximum atomic E-state index is 9.04. The van der Waals surface area contributed by atoms with Crippen LogP contribution >= 0.6 is 0 Å². The van der Waals surface area contributed by atoms with Crippen molar-refractivity contribution >= 4 is 0 Å². The summed E-state index contributed by atoms with van der Waals surface area (Å²) in [4.78, 5) is 0. The van der Waals surface area contributed by atoms with Crippen LogP contribution in [0.25, 0.3) is 11.1 Å². The third-order valence-corrected chi connectivity index (χ3v) is 3.20. The molecule has 0 atom stereocenters. The van der Waals surface area contributed by atoms with Gasteiger partial charge in [-0.3, -0.25) is 0 Å². The van der Waals surface area contributed by atoms with Crippen molar-refractivity contribution in [2.24, 2.45) is 0 Å². The highest BCUT2D eigenvalue weighted by Crippen LogP contribution is 2.24. The Labute approximate surface area is 102 Å². The Hall–Kier alpha value is -2.07. The first kappa shape index (κ1) is 11.4. The van der Waals surface area contributed by atoms with Crippen LogP contribution in [-0.4, -0.2) is 0 Å². The summed E-state index contributed by atoms with van der Waals surface area (Å²) in [6.07, 6.45) is 0. The molecule has 0 radical (unpaired) electrons. The van der Waals surface area contributed by atoms with Gasteiger partial charge in [0.15, 0.2) is 0 Å². The summed E-state index contributed by atoms with van der Waals surface area (Å²) in [6, 6.07) is 14.7. The Morgan fingerprint density at radius 3 is 1.94 bits per heavy atom. The number of aryl methyl sites for hydroxylation is 3. The summed E-state index contributed by atoms with van der Waals surface area (Å²) in [5.41, 5.74) is 6.63. The van der Waals surface area contributed by atoms with Crippen LogP contribution < -0.4 is 0 Å². The average Bonchev–Trinajstić information content (AvgIpc) is 2.33. The van der Waals surface area contributed by atoms with Gasteiger partial charge in [-0.15, -0.1) is 0 Å². The van der Waals surface area contributed by atoms with Gasteiger partial charge in [0, 0.05) is 0 Å². The van der Waals surface area contributed by atoms with E-state index < -0.39 is 0 Å². The third-order valence-electron chi connectivity index (χ3n) is 3.20. The third kappa shape index (κ3) is 2.21. The molecule has 0 fully saturated rings. The zero-order chi connectivity index (χ0) is 12.4. The van der Waals surface area contributed by atoms with E-state index in [2.05, 4.69) is 44.2 Å². The second-order valence-corrected chi connectivity index (χ2v) is 4.44. The number of hydrogen-bond donors (Lipinski definition) is 0. The van der Waals surface area contributed by atoms with E-state index in [1.165, 1.54) is 16.7 Å². The van der Waals surface area contributed by atoms with Crippen LogP contribution in [0.15, 0.2) is 36.4 Å². The molecule has 0 aliphatic carbocycles. The SMILES string of the molecule is Cc1ccc(-c2ccc(C)c(C#N)c2)cc1C. The fourth-order valence-corrected chi connectivity index (χ4v) is 1.84. The number of nitrogens with zero attached hydrogens (tertiary/aromatic N) is 1. The minimum Gasteiger partial charge on any atom is -0.192 e. The van der Waals surface area contributed by atoms with E-state index in [1.54, 1.807) is 0 Å². The molecule has 0 aliphatic heterocycles. The van der Waals surface area contributed by atoms with Gasteiger partial charge in [-0.05, 0) is 54.7 Å². The molecule has 0 aliphatic rings. The monoisotopic (exact) mass is 221 g/mol. The van der Waals surface area contributed by atoms with E-state index in [0.717, 1.165) is 16.7 Å². The molecule has 17 heavy (non-hydrogen) atoms. The Kier molecular flexibility index (Phi) is 2.97. The predicted molar refractivity (Wildman–Crippen MR) is 70.8 cm³/mol. The largest absolute Gasteiger partial charge is 0.192 e. The highest BCUT2D eigenvalue weighted by molar-refractivity contribution is 5.67. The maximum Gasteiger partial charge on any atom is 0.0994 e. The van der Waals surface area contributed by atoms with E-state index in [-0.39, 0.29) is 0 Å². The molecule has 84 valence electrons. The summed E-state index contributed by atoms with van der Waals surface area (Å²) in [5, 5.41) is 9.04. The Bertz CT molecular complexity index is 603. The molecule has 1 nitrogen and oxygen atoms in total. The van der Waals surface area contributed by atoms with E-state index in [9.17, 15) is 0 Å². The lowest BCUT2D eigenvalue weighted by molar-refractivity contribution is 1.34. The standard InChI is InChI=1S/C16H15N/c1-11-4-6-14(8-13(11)3)15-7-5-12(2)16(9-15)10-17/h4-9H,1-3H3. The lowest BCUT2D eigenvalue weighted by Gasteiger charge is -2.07. The summed E-state index contributed by atoms with van der Waals surface area (Å²) in [5.74, 6) is 0. The molecular formula is C16H15N. The van der Waals surface area contributed by atoms with Crippen LogP contribution in [0.3, 0.4) is 0 Å². The van der Waals surface area contributed by atoms with E-state index in [1.807, 2.05) is 19.1 Å². The van der Waals surface area contributed by atoms with Gasteiger partial charge in [0.1, 0.15) is 0 Å². The van der Waals surface area contributed by atoms with Gasteiger partial charge in [-0.2, -0.15) is 5.26 Å².